The normalized spacial score (nSPS) is 11.3. The van der Waals surface area contributed by atoms with Gasteiger partial charge >= 0.3 is 5.97 Å². The molecule has 5 nitrogen and oxygen atoms in total. The van der Waals surface area contributed by atoms with Crippen molar-refractivity contribution in [2.45, 2.75) is 18.8 Å². The lowest BCUT2D eigenvalue weighted by Crippen LogP contribution is -2.30. The number of amides is 1. The molecule has 2 rings (SSSR count). The van der Waals surface area contributed by atoms with Gasteiger partial charge in [0.1, 0.15) is 0 Å². The Kier molecular flexibility index (Phi) is 7.52. The van der Waals surface area contributed by atoms with E-state index in [1.54, 1.807) is 30.3 Å². The number of nitrogens with zero attached hydrogens (tertiary/aromatic N) is 1. The summed E-state index contributed by atoms with van der Waals surface area (Å²) in [6.07, 6.45) is -0.936. The number of esters is 1. The Labute approximate surface area is 161 Å². The molecule has 0 aliphatic rings. The Balaban J connectivity index is 1.78. The number of ether oxygens (including phenoxy) is 1. The van der Waals surface area contributed by atoms with Crippen LogP contribution in [0.2, 0.25) is 5.02 Å². The Morgan fingerprint density at radius 3 is 2.77 bits per heavy atom. The van der Waals surface area contributed by atoms with Gasteiger partial charge in [-0.1, -0.05) is 35.9 Å². The molecule has 2 aromatic carbocycles. The van der Waals surface area contributed by atoms with Crippen molar-refractivity contribution in [3.63, 3.8) is 0 Å². The summed E-state index contributed by atoms with van der Waals surface area (Å²) in [6, 6.07) is 15.9. The van der Waals surface area contributed by atoms with Crippen LogP contribution in [0.25, 0.3) is 0 Å². The van der Waals surface area contributed by atoms with Gasteiger partial charge in [0, 0.05) is 16.5 Å². The number of hydrogen-bond donors (Lipinski definition) is 1. The Hall–Kier alpha value is -2.49. The van der Waals surface area contributed by atoms with E-state index in [1.807, 2.05) is 24.3 Å². The summed E-state index contributed by atoms with van der Waals surface area (Å²) in [5.41, 5.74) is 1.85. The van der Waals surface area contributed by atoms with Crippen LogP contribution in [0.4, 0.5) is 5.69 Å². The van der Waals surface area contributed by atoms with E-state index in [9.17, 15) is 9.59 Å². The second-order valence-corrected chi connectivity index (χ2v) is 6.79. The SMILES string of the molecule is C[C@@H](OC(=O)CSCc1ccccc1Cl)C(=O)Nc1cccc(C#N)c1. The molecule has 0 saturated carbocycles. The zero-order chi connectivity index (χ0) is 18.9. The fourth-order valence-electron chi connectivity index (χ4n) is 2.05. The van der Waals surface area contributed by atoms with Gasteiger partial charge in [-0.2, -0.15) is 5.26 Å². The topological polar surface area (TPSA) is 79.2 Å². The van der Waals surface area contributed by atoms with Gasteiger partial charge < -0.3 is 10.1 Å². The maximum Gasteiger partial charge on any atom is 0.316 e. The molecular formula is C19H17ClN2O3S. The van der Waals surface area contributed by atoms with Crippen molar-refractivity contribution in [3.8, 4) is 6.07 Å². The molecule has 1 atom stereocenters. The van der Waals surface area contributed by atoms with Crippen molar-refractivity contribution >= 4 is 40.9 Å². The Morgan fingerprint density at radius 1 is 1.27 bits per heavy atom. The van der Waals surface area contributed by atoms with Crippen LogP contribution in [0, 0.1) is 11.3 Å². The standard InChI is InChI=1S/C19H17ClN2O3S/c1-13(19(24)22-16-7-4-5-14(9-16)10-21)25-18(23)12-26-11-15-6-2-3-8-17(15)20/h2-9,13H,11-12H2,1H3,(H,22,24)/t13-/m1/s1. The van der Waals surface area contributed by atoms with E-state index in [1.165, 1.54) is 18.7 Å². The molecule has 0 radical (unpaired) electrons. The van der Waals surface area contributed by atoms with Crippen LogP contribution in [-0.2, 0) is 20.1 Å². The van der Waals surface area contributed by atoms with Crippen molar-refractivity contribution in [1.82, 2.24) is 0 Å². The minimum Gasteiger partial charge on any atom is -0.452 e. The zero-order valence-corrected chi connectivity index (χ0v) is 15.6. The van der Waals surface area contributed by atoms with Crippen LogP contribution in [0.15, 0.2) is 48.5 Å². The minimum atomic E-state index is -0.936. The smallest absolute Gasteiger partial charge is 0.316 e. The number of benzene rings is 2. The van der Waals surface area contributed by atoms with Crippen LogP contribution >= 0.6 is 23.4 Å². The highest BCUT2D eigenvalue weighted by atomic mass is 35.5. The molecule has 0 spiro atoms. The third-order valence-corrected chi connectivity index (χ3v) is 4.70. The number of anilines is 1. The molecule has 0 unspecified atom stereocenters. The first-order valence-electron chi connectivity index (χ1n) is 7.81. The predicted octanol–water partition coefficient (Wildman–Crippen LogP) is 4.02. The molecular weight excluding hydrogens is 372 g/mol. The van der Waals surface area contributed by atoms with Gasteiger partial charge in [-0.25, -0.2) is 0 Å². The highest BCUT2D eigenvalue weighted by Gasteiger charge is 2.18. The third kappa shape index (κ3) is 6.10. The molecule has 1 N–H and O–H groups in total. The highest BCUT2D eigenvalue weighted by molar-refractivity contribution is 7.99. The number of carbonyl (C=O) groups excluding carboxylic acids is 2. The molecule has 134 valence electrons. The van der Waals surface area contributed by atoms with Crippen LogP contribution in [0.1, 0.15) is 18.1 Å². The van der Waals surface area contributed by atoms with Gasteiger partial charge in [-0.15, -0.1) is 11.8 Å². The summed E-state index contributed by atoms with van der Waals surface area (Å²) in [7, 11) is 0. The number of nitrogens with one attached hydrogen (secondary N) is 1. The molecule has 0 aliphatic heterocycles. The summed E-state index contributed by atoms with van der Waals surface area (Å²) >= 11 is 7.43. The van der Waals surface area contributed by atoms with Crippen LogP contribution in [-0.4, -0.2) is 23.7 Å². The molecule has 7 heteroatoms. The van der Waals surface area contributed by atoms with Gasteiger partial charge in [-0.3, -0.25) is 9.59 Å². The van der Waals surface area contributed by atoms with Gasteiger partial charge in [0.25, 0.3) is 5.91 Å². The number of hydrogen-bond acceptors (Lipinski definition) is 5. The van der Waals surface area contributed by atoms with Crippen molar-refractivity contribution in [2.24, 2.45) is 0 Å². The summed E-state index contributed by atoms with van der Waals surface area (Å²) < 4.78 is 5.14. The van der Waals surface area contributed by atoms with Crippen LogP contribution < -0.4 is 5.32 Å². The number of rotatable bonds is 7. The van der Waals surface area contributed by atoms with Crippen LogP contribution in [0.5, 0.6) is 0 Å². The highest BCUT2D eigenvalue weighted by Crippen LogP contribution is 2.20. The van der Waals surface area contributed by atoms with E-state index >= 15 is 0 Å². The second-order valence-electron chi connectivity index (χ2n) is 5.40. The first-order valence-corrected chi connectivity index (χ1v) is 9.34. The lowest BCUT2D eigenvalue weighted by Gasteiger charge is -2.13. The summed E-state index contributed by atoms with van der Waals surface area (Å²) in [4.78, 5) is 24.0. The molecule has 0 heterocycles. The van der Waals surface area contributed by atoms with Crippen molar-refractivity contribution < 1.29 is 14.3 Å². The van der Waals surface area contributed by atoms with Gasteiger partial charge in [0.05, 0.1) is 17.4 Å². The number of thioether (sulfide) groups is 1. The summed E-state index contributed by atoms with van der Waals surface area (Å²) in [5, 5.41) is 12.1. The number of halogens is 1. The Bertz CT molecular complexity index is 836. The lowest BCUT2D eigenvalue weighted by molar-refractivity contribution is -0.150. The number of carbonyl (C=O) groups is 2. The average molecular weight is 389 g/mol. The van der Waals surface area contributed by atoms with Gasteiger partial charge in [-0.05, 0) is 36.8 Å². The molecule has 26 heavy (non-hydrogen) atoms. The summed E-state index contributed by atoms with van der Waals surface area (Å²) in [6.45, 7) is 1.50. The van der Waals surface area contributed by atoms with Crippen molar-refractivity contribution in [1.29, 1.82) is 5.26 Å². The average Bonchev–Trinajstić information content (AvgIpc) is 2.63. The first-order chi connectivity index (χ1) is 12.5. The van der Waals surface area contributed by atoms with E-state index in [2.05, 4.69) is 5.32 Å². The monoisotopic (exact) mass is 388 g/mol. The molecule has 0 aromatic heterocycles. The summed E-state index contributed by atoms with van der Waals surface area (Å²) in [5.74, 6) is -0.233. The van der Waals surface area contributed by atoms with E-state index in [-0.39, 0.29) is 5.75 Å². The fourth-order valence-corrected chi connectivity index (χ4v) is 3.15. The molecule has 2 aromatic rings. The van der Waals surface area contributed by atoms with E-state index < -0.39 is 18.0 Å². The van der Waals surface area contributed by atoms with Crippen molar-refractivity contribution in [3.05, 3.63) is 64.7 Å². The van der Waals surface area contributed by atoms with Crippen LogP contribution in [0.3, 0.4) is 0 Å². The van der Waals surface area contributed by atoms with Crippen molar-refractivity contribution in [2.75, 3.05) is 11.1 Å². The Morgan fingerprint density at radius 2 is 2.04 bits per heavy atom. The van der Waals surface area contributed by atoms with E-state index in [0.717, 1.165) is 5.56 Å². The van der Waals surface area contributed by atoms with E-state index in [0.29, 0.717) is 22.0 Å². The third-order valence-electron chi connectivity index (χ3n) is 3.37. The maximum atomic E-state index is 12.1. The largest absolute Gasteiger partial charge is 0.452 e. The van der Waals surface area contributed by atoms with Gasteiger partial charge in [0.2, 0.25) is 0 Å². The number of nitriles is 1. The molecule has 0 fully saturated rings. The van der Waals surface area contributed by atoms with Gasteiger partial charge in [0.15, 0.2) is 6.10 Å². The predicted molar refractivity (Wildman–Crippen MR) is 103 cm³/mol. The molecule has 1 amide bonds. The first kappa shape index (κ1) is 19.8. The maximum absolute atomic E-state index is 12.1. The lowest BCUT2D eigenvalue weighted by atomic mass is 10.2. The second kappa shape index (κ2) is 9.85. The quantitative estimate of drug-likeness (QED) is 0.725. The zero-order valence-electron chi connectivity index (χ0n) is 14.1. The molecule has 0 saturated heterocycles. The molecule has 0 bridgehead atoms. The fraction of sp³-hybridized carbons (Fsp3) is 0.211. The molecule has 0 aliphatic carbocycles. The minimum absolute atomic E-state index is 0.118. The van der Waals surface area contributed by atoms with E-state index in [4.69, 9.17) is 21.6 Å².